The Balaban J connectivity index is 2.34. The van der Waals surface area contributed by atoms with E-state index in [0.29, 0.717) is 11.8 Å². The van der Waals surface area contributed by atoms with Crippen LogP contribution < -0.4 is 5.73 Å². The van der Waals surface area contributed by atoms with Crippen LogP contribution in [-0.2, 0) is 6.42 Å². The van der Waals surface area contributed by atoms with Gasteiger partial charge in [0.25, 0.3) is 0 Å². The third kappa shape index (κ3) is 1.57. The Kier molecular flexibility index (Phi) is 2.60. The molecule has 1 nitrogen and oxygen atoms in total. The molecule has 1 heteroatoms. The maximum atomic E-state index is 5.75. The topological polar surface area (TPSA) is 26.0 Å². The van der Waals surface area contributed by atoms with Gasteiger partial charge in [0.15, 0.2) is 0 Å². The first kappa shape index (κ1) is 9.72. The van der Waals surface area contributed by atoms with Gasteiger partial charge in [-0.25, -0.2) is 0 Å². The highest BCUT2D eigenvalue weighted by Gasteiger charge is 2.21. The first-order valence-electron chi connectivity index (χ1n) is 5.55. The van der Waals surface area contributed by atoms with E-state index in [0.717, 1.165) is 6.54 Å². The molecule has 1 aromatic carbocycles. The van der Waals surface area contributed by atoms with Gasteiger partial charge in [0.05, 0.1) is 0 Å². The van der Waals surface area contributed by atoms with Crippen molar-refractivity contribution in [2.45, 2.75) is 38.5 Å². The van der Waals surface area contributed by atoms with E-state index in [-0.39, 0.29) is 0 Å². The van der Waals surface area contributed by atoms with Crippen LogP contribution in [0.5, 0.6) is 0 Å². The highest BCUT2D eigenvalue weighted by molar-refractivity contribution is 5.39. The van der Waals surface area contributed by atoms with Crippen LogP contribution in [0, 0.1) is 0 Å². The molecule has 0 heterocycles. The molecule has 2 rings (SSSR count). The van der Waals surface area contributed by atoms with Gasteiger partial charge in [-0.15, -0.1) is 0 Å². The zero-order valence-corrected chi connectivity index (χ0v) is 9.09. The van der Waals surface area contributed by atoms with Gasteiger partial charge in [-0.2, -0.15) is 0 Å². The fraction of sp³-hybridized carbons (Fsp3) is 0.538. The molecular formula is C13H19N. The predicted octanol–water partition coefficient (Wildman–Crippen LogP) is 2.80. The lowest BCUT2D eigenvalue weighted by molar-refractivity contribution is 0.688. The van der Waals surface area contributed by atoms with E-state index in [1.165, 1.54) is 29.5 Å². The van der Waals surface area contributed by atoms with Crippen molar-refractivity contribution in [3.8, 4) is 0 Å². The van der Waals surface area contributed by atoms with Gasteiger partial charge in [0.1, 0.15) is 0 Å². The van der Waals surface area contributed by atoms with Crippen LogP contribution in [0.3, 0.4) is 0 Å². The smallest absolute Gasteiger partial charge is 0.000802 e. The van der Waals surface area contributed by atoms with Crippen molar-refractivity contribution in [1.82, 2.24) is 0 Å². The summed E-state index contributed by atoms with van der Waals surface area (Å²) in [6.07, 6.45) is 2.46. The van der Waals surface area contributed by atoms with Crippen molar-refractivity contribution in [3.63, 3.8) is 0 Å². The van der Waals surface area contributed by atoms with E-state index in [1.807, 2.05) is 0 Å². The van der Waals surface area contributed by atoms with Crippen LogP contribution in [0.4, 0.5) is 0 Å². The second-order valence-corrected chi connectivity index (χ2v) is 4.58. The Morgan fingerprint density at radius 2 is 2.21 bits per heavy atom. The van der Waals surface area contributed by atoms with E-state index in [2.05, 4.69) is 32.0 Å². The van der Waals surface area contributed by atoms with Crippen molar-refractivity contribution in [2.75, 3.05) is 6.54 Å². The van der Waals surface area contributed by atoms with Gasteiger partial charge in [-0.1, -0.05) is 32.0 Å². The zero-order chi connectivity index (χ0) is 10.1. The second kappa shape index (κ2) is 3.74. The molecule has 0 radical (unpaired) electrons. The fourth-order valence-electron chi connectivity index (χ4n) is 2.33. The summed E-state index contributed by atoms with van der Waals surface area (Å²) in [6, 6.07) is 6.92. The zero-order valence-electron chi connectivity index (χ0n) is 9.09. The molecule has 0 spiro atoms. The Morgan fingerprint density at radius 1 is 1.43 bits per heavy atom. The molecule has 0 saturated heterocycles. The summed E-state index contributed by atoms with van der Waals surface area (Å²) in [5.41, 5.74) is 10.2. The number of aryl methyl sites for hydroxylation is 1. The molecule has 0 fully saturated rings. The Labute approximate surface area is 86.3 Å². The second-order valence-electron chi connectivity index (χ2n) is 4.58. The van der Waals surface area contributed by atoms with E-state index in [4.69, 9.17) is 5.73 Å². The van der Waals surface area contributed by atoms with Gasteiger partial charge in [-0.3, -0.25) is 0 Å². The van der Waals surface area contributed by atoms with Gasteiger partial charge in [0.2, 0.25) is 0 Å². The van der Waals surface area contributed by atoms with Gasteiger partial charge < -0.3 is 5.73 Å². The third-order valence-corrected chi connectivity index (χ3v) is 3.32. The molecule has 0 saturated carbocycles. The molecule has 0 aliphatic heterocycles. The van der Waals surface area contributed by atoms with Crippen LogP contribution in [0.1, 0.15) is 48.8 Å². The number of rotatable bonds is 2. The lowest BCUT2D eigenvalue weighted by Crippen LogP contribution is -2.09. The summed E-state index contributed by atoms with van der Waals surface area (Å²) in [5.74, 6) is 1.25. The quantitative estimate of drug-likeness (QED) is 0.760. The molecule has 2 N–H and O–H groups in total. The van der Waals surface area contributed by atoms with Crippen molar-refractivity contribution in [1.29, 1.82) is 0 Å². The fourth-order valence-corrected chi connectivity index (χ4v) is 2.33. The van der Waals surface area contributed by atoms with Crippen molar-refractivity contribution in [3.05, 3.63) is 34.9 Å². The maximum absolute atomic E-state index is 5.75. The number of fused-ring (bicyclic) bond motifs is 1. The Morgan fingerprint density at radius 3 is 2.86 bits per heavy atom. The van der Waals surface area contributed by atoms with Crippen LogP contribution in [-0.4, -0.2) is 6.54 Å². The van der Waals surface area contributed by atoms with E-state index in [1.54, 1.807) is 0 Å². The number of nitrogens with two attached hydrogens (primary N) is 1. The van der Waals surface area contributed by atoms with Crippen LogP contribution in [0.25, 0.3) is 0 Å². The van der Waals surface area contributed by atoms with Crippen molar-refractivity contribution in [2.24, 2.45) is 5.73 Å². The molecule has 0 aromatic heterocycles. The highest BCUT2D eigenvalue weighted by atomic mass is 14.6. The van der Waals surface area contributed by atoms with Gasteiger partial charge >= 0.3 is 0 Å². The summed E-state index contributed by atoms with van der Waals surface area (Å²) in [5, 5.41) is 0. The summed E-state index contributed by atoms with van der Waals surface area (Å²) in [7, 11) is 0. The molecule has 0 amide bonds. The number of benzene rings is 1. The van der Waals surface area contributed by atoms with Crippen LogP contribution in [0.2, 0.25) is 0 Å². The van der Waals surface area contributed by atoms with Crippen LogP contribution >= 0.6 is 0 Å². The molecule has 1 aliphatic carbocycles. The minimum absolute atomic E-state index is 0.617. The molecule has 0 bridgehead atoms. The third-order valence-electron chi connectivity index (χ3n) is 3.32. The van der Waals surface area contributed by atoms with E-state index < -0.39 is 0 Å². The number of hydrogen-bond acceptors (Lipinski definition) is 1. The van der Waals surface area contributed by atoms with Gasteiger partial charge in [-0.05, 0) is 47.9 Å². The lowest BCUT2D eigenvalue weighted by atomic mass is 9.96. The summed E-state index contributed by atoms with van der Waals surface area (Å²) < 4.78 is 0. The van der Waals surface area contributed by atoms with Crippen molar-refractivity contribution < 1.29 is 0 Å². The summed E-state index contributed by atoms with van der Waals surface area (Å²) in [6.45, 7) is 5.29. The Bertz CT molecular complexity index is 328. The molecule has 76 valence electrons. The molecule has 1 unspecified atom stereocenters. The normalized spacial score (nSPS) is 20.1. The maximum Gasteiger partial charge on any atom is -0.000802 e. The Hall–Kier alpha value is -0.820. The van der Waals surface area contributed by atoms with Crippen molar-refractivity contribution >= 4 is 0 Å². The molecule has 14 heavy (non-hydrogen) atoms. The molecule has 1 atom stereocenters. The summed E-state index contributed by atoms with van der Waals surface area (Å²) in [4.78, 5) is 0. The first-order valence-corrected chi connectivity index (χ1v) is 5.55. The molecular weight excluding hydrogens is 170 g/mol. The number of hydrogen-bond donors (Lipinski definition) is 1. The molecule has 1 aromatic rings. The largest absolute Gasteiger partial charge is 0.330 e. The predicted molar refractivity (Wildman–Crippen MR) is 60.6 cm³/mol. The van der Waals surface area contributed by atoms with E-state index in [9.17, 15) is 0 Å². The minimum atomic E-state index is 0.617. The minimum Gasteiger partial charge on any atom is -0.330 e. The first-order chi connectivity index (χ1) is 6.72. The average Bonchev–Trinajstić information content (AvgIpc) is 2.59. The van der Waals surface area contributed by atoms with Crippen LogP contribution in [0.15, 0.2) is 18.2 Å². The molecule has 1 aliphatic rings. The SMILES string of the molecule is CC(C)c1ccc2c(c1)CCC2CN. The standard InChI is InChI=1S/C13H19N/c1-9(2)10-5-6-13-11(7-10)3-4-12(13)8-14/h5-7,9,12H,3-4,8,14H2,1-2H3. The monoisotopic (exact) mass is 189 g/mol. The summed E-state index contributed by atoms with van der Waals surface area (Å²) >= 11 is 0. The highest BCUT2D eigenvalue weighted by Crippen LogP contribution is 2.33. The average molecular weight is 189 g/mol. The lowest BCUT2D eigenvalue weighted by Gasteiger charge is -2.11. The van der Waals surface area contributed by atoms with E-state index >= 15 is 0 Å². The van der Waals surface area contributed by atoms with Gasteiger partial charge in [0, 0.05) is 0 Å².